The van der Waals surface area contributed by atoms with Gasteiger partial charge in [-0.3, -0.25) is 4.90 Å². The molecule has 4 atom stereocenters. The topological polar surface area (TPSA) is 33.7 Å². The lowest BCUT2D eigenvalue weighted by Gasteiger charge is -2.44. The Morgan fingerprint density at radius 2 is 1.68 bits per heavy atom. The van der Waals surface area contributed by atoms with Gasteiger partial charge in [0.25, 0.3) is 0 Å². The van der Waals surface area contributed by atoms with E-state index in [0.717, 1.165) is 13.1 Å². The zero-order valence-electron chi connectivity index (χ0n) is 13.1. The van der Waals surface area contributed by atoms with E-state index in [-0.39, 0.29) is 12.2 Å². The van der Waals surface area contributed by atoms with Gasteiger partial charge in [0.15, 0.2) is 0 Å². The van der Waals surface area contributed by atoms with Gasteiger partial charge in [0.05, 0.1) is 12.2 Å². The number of rotatable bonds is 4. The predicted molar refractivity (Wildman–Crippen MR) is 77.4 cm³/mol. The molecule has 0 aromatic rings. The highest BCUT2D eigenvalue weighted by atomic mass is 16.5. The standard InChI is InChI=1S/C15H30N2O2/c1-15(2)7-6-11(16-3)12(8-15)17-9-13(18-4)14(10-17)19-5/h11-14,16H,6-10H2,1-5H3. The van der Waals surface area contributed by atoms with E-state index in [1.807, 2.05) is 0 Å². The van der Waals surface area contributed by atoms with Crippen LogP contribution in [0.5, 0.6) is 0 Å². The first-order valence-electron chi connectivity index (χ1n) is 7.47. The normalized spacial score (nSPS) is 39.6. The van der Waals surface area contributed by atoms with Crippen LogP contribution in [-0.4, -0.2) is 63.5 Å². The van der Waals surface area contributed by atoms with Crippen LogP contribution in [0, 0.1) is 5.41 Å². The van der Waals surface area contributed by atoms with Crippen molar-refractivity contribution in [3.05, 3.63) is 0 Å². The summed E-state index contributed by atoms with van der Waals surface area (Å²) in [6.45, 7) is 6.77. The molecule has 0 spiro atoms. The number of nitrogens with one attached hydrogen (secondary N) is 1. The van der Waals surface area contributed by atoms with E-state index in [9.17, 15) is 0 Å². The van der Waals surface area contributed by atoms with Gasteiger partial charge in [-0.2, -0.15) is 0 Å². The highest BCUT2D eigenvalue weighted by Gasteiger charge is 2.43. The average Bonchev–Trinajstić information content (AvgIpc) is 2.81. The minimum atomic E-state index is 0.215. The summed E-state index contributed by atoms with van der Waals surface area (Å²) in [6, 6.07) is 1.20. The van der Waals surface area contributed by atoms with E-state index < -0.39 is 0 Å². The number of likely N-dealkylation sites (tertiary alicyclic amines) is 1. The summed E-state index contributed by atoms with van der Waals surface area (Å²) in [5.74, 6) is 0. The van der Waals surface area contributed by atoms with E-state index in [1.165, 1.54) is 19.3 Å². The van der Waals surface area contributed by atoms with Gasteiger partial charge < -0.3 is 14.8 Å². The quantitative estimate of drug-likeness (QED) is 0.839. The molecule has 0 aromatic carbocycles. The van der Waals surface area contributed by atoms with E-state index in [1.54, 1.807) is 14.2 Å². The van der Waals surface area contributed by atoms with Crippen LogP contribution in [0.2, 0.25) is 0 Å². The molecule has 4 heteroatoms. The summed E-state index contributed by atoms with van der Waals surface area (Å²) in [6.07, 6.45) is 4.26. The molecular formula is C15H30N2O2. The maximum absolute atomic E-state index is 5.57. The fourth-order valence-corrected chi connectivity index (χ4v) is 3.76. The summed E-state index contributed by atoms with van der Waals surface area (Å²) in [5.41, 5.74) is 0.450. The first-order valence-corrected chi connectivity index (χ1v) is 7.47. The van der Waals surface area contributed by atoms with Crippen LogP contribution in [0.1, 0.15) is 33.1 Å². The van der Waals surface area contributed by atoms with Crippen molar-refractivity contribution in [2.75, 3.05) is 34.4 Å². The monoisotopic (exact) mass is 270 g/mol. The molecule has 2 fully saturated rings. The summed E-state index contributed by atoms with van der Waals surface area (Å²) < 4.78 is 11.1. The van der Waals surface area contributed by atoms with E-state index in [2.05, 4.69) is 31.1 Å². The highest BCUT2D eigenvalue weighted by molar-refractivity contribution is 4.98. The second kappa shape index (κ2) is 6.08. The number of hydrogen-bond acceptors (Lipinski definition) is 4. The first-order chi connectivity index (χ1) is 9.00. The molecule has 112 valence electrons. The van der Waals surface area contributed by atoms with Crippen molar-refractivity contribution in [2.45, 2.75) is 57.4 Å². The van der Waals surface area contributed by atoms with Crippen molar-refractivity contribution in [2.24, 2.45) is 5.41 Å². The molecule has 1 aliphatic heterocycles. The van der Waals surface area contributed by atoms with Crippen LogP contribution >= 0.6 is 0 Å². The molecule has 1 aliphatic carbocycles. The minimum absolute atomic E-state index is 0.215. The molecule has 1 N–H and O–H groups in total. The first kappa shape index (κ1) is 15.2. The summed E-state index contributed by atoms with van der Waals surface area (Å²) in [7, 11) is 5.68. The fourth-order valence-electron chi connectivity index (χ4n) is 3.76. The Hall–Kier alpha value is -0.160. The van der Waals surface area contributed by atoms with Gasteiger partial charge in [-0.1, -0.05) is 13.8 Å². The minimum Gasteiger partial charge on any atom is -0.377 e. The SMILES string of the molecule is CNC1CCC(C)(C)CC1N1CC(OC)C(OC)C1. The Kier molecular flexibility index (Phi) is 4.88. The maximum Gasteiger partial charge on any atom is 0.0971 e. The van der Waals surface area contributed by atoms with Crippen LogP contribution in [-0.2, 0) is 9.47 Å². The highest BCUT2D eigenvalue weighted by Crippen LogP contribution is 2.38. The number of nitrogens with zero attached hydrogens (tertiary/aromatic N) is 1. The lowest BCUT2D eigenvalue weighted by atomic mass is 9.72. The summed E-state index contributed by atoms with van der Waals surface area (Å²) in [4.78, 5) is 2.57. The Labute approximate surface area is 117 Å². The third-order valence-electron chi connectivity index (χ3n) is 5.05. The van der Waals surface area contributed by atoms with Gasteiger partial charge in [0, 0.05) is 39.4 Å². The third-order valence-corrected chi connectivity index (χ3v) is 5.05. The molecule has 19 heavy (non-hydrogen) atoms. The smallest absolute Gasteiger partial charge is 0.0971 e. The van der Waals surface area contributed by atoms with E-state index in [4.69, 9.17) is 9.47 Å². The van der Waals surface area contributed by atoms with Gasteiger partial charge >= 0.3 is 0 Å². The Bertz CT molecular complexity index is 284. The molecular weight excluding hydrogens is 240 g/mol. The molecule has 2 rings (SSSR count). The lowest BCUT2D eigenvalue weighted by molar-refractivity contribution is -0.00461. The second-order valence-electron chi connectivity index (χ2n) is 6.87. The number of methoxy groups -OCH3 is 2. The van der Waals surface area contributed by atoms with Crippen molar-refractivity contribution in [3.63, 3.8) is 0 Å². The molecule has 4 nitrogen and oxygen atoms in total. The molecule has 0 bridgehead atoms. The second-order valence-corrected chi connectivity index (χ2v) is 6.87. The van der Waals surface area contributed by atoms with Crippen LogP contribution in [0.4, 0.5) is 0 Å². The summed E-state index contributed by atoms with van der Waals surface area (Å²) in [5, 5.41) is 3.51. The molecule has 0 aromatic heterocycles. The Balaban J connectivity index is 2.06. The average molecular weight is 270 g/mol. The maximum atomic E-state index is 5.57. The van der Waals surface area contributed by atoms with Gasteiger partial charge in [-0.25, -0.2) is 0 Å². The molecule has 0 radical (unpaired) electrons. The van der Waals surface area contributed by atoms with Crippen molar-refractivity contribution >= 4 is 0 Å². The van der Waals surface area contributed by atoms with Crippen molar-refractivity contribution < 1.29 is 9.47 Å². The molecule has 4 unspecified atom stereocenters. The third kappa shape index (κ3) is 3.30. The van der Waals surface area contributed by atoms with Gasteiger partial charge in [-0.05, 0) is 31.7 Å². The predicted octanol–water partition coefficient (Wildman–Crippen LogP) is 1.50. The van der Waals surface area contributed by atoms with Crippen molar-refractivity contribution in [3.8, 4) is 0 Å². The lowest BCUT2D eigenvalue weighted by Crippen LogP contribution is -2.53. The molecule has 1 saturated heterocycles. The van der Waals surface area contributed by atoms with E-state index >= 15 is 0 Å². The van der Waals surface area contributed by atoms with Crippen LogP contribution in [0.25, 0.3) is 0 Å². The molecule has 2 aliphatic rings. The van der Waals surface area contributed by atoms with Crippen LogP contribution in [0.15, 0.2) is 0 Å². The van der Waals surface area contributed by atoms with Gasteiger partial charge in [0.1, 0.15) is 0 Å². The summed E-state index contributed by atoms with van der Waals surface area (Å²) >= 11 is 0. The van der Waals surface area contributed by atoms with Crippen LogP contribution in [0.3, 0.4) is 0 Å². The zero-order chi connectivity index (χ0) is 14.0. The number of likely N-dealkylation sites (N-methyl/N-ethyl adjacent to an activating group) is 1. The van der Waals surface area contributed by atoms with Gasteiger partial charge in [-0.15, -0.1) is 0 Å². The Morgan fingerprint density at radius 3 is 2.16 bits per heavy atom. The molecule has 1 heterocycles. The largest absolute Gasteiger partial charge is 0.377 e. The Morgan fingerprint density at radius 1 is 1.11 bits per heavy atom. The number of hydrogen-bond donors (Lipinski definition) is 1. The fraction of sp³-hybridized carbons (Fsp3) is 1.00. The number of ether oxygens (including phenoxy) is 2. The van der Waals surface area contributed by atoms with E-state index in [0.29, 0.717) is 17.5 Å². The zero-order valence-corrected chi connectivity index (χ0v) is 13.1. The van der Waals surface area contributed by atoms with Crippen molar-refractivity contribution in [1.82, 2.24) is 10.2 Å². The van der Waals surface area contributed by atoms with Crippen molar-refractivity contribution in [1.29, 1.82) is 0 Å². The molecule has 1 saturated carbocycles. The molecule has 0 amide bonds. The van der Waals surface area contributed by atoms with Gasteiger partial charge in [0.2, 0.25) is 0 Å². The van der Waals surface area contributed by atoms with Crippen LogP contribution < -0.4 is 5.32 Å².